The van der Waals surface area contributed by atoms with Crippen LogP contribution in [0.1, 0.15) is 5.56 Å². The van der Waals surface area contributed by atoms with E-state index in [0.29, 0.717) is 11.9 Å². The summed E-state index contributed by atoms with van der Waals surface area (Å²) in [6.07, 6.45) is 1.19. The fourth-order valence-corrected chi connectivity index (χ4v) is 1.33. The number of hydrogen-bond acceptors (Lipinski definition) is 3. The molecule has 1 unspecified atom stereocenters. The summed E-state index contributed by atoms with van der Waals surface area (Å²) in [5, 5.41) is 9.34. The van der Waals surface area contributed by atoms with Gasteiger partial charge in [-0.1, -0.05) is 0 Å². The maximum Gasteiger partial charge on any atom is 0.122 e. The topological polar surface area (TPSA) is 42.0 Å². The van der Waals surface area contributed by atoms with Crippen molar-refractivity contribution >= 4 is 0 Å². The Morgan fingerprint density at radius 1 is 1.54 bits per heavy atom. The predicted molar refractivity (Wildman–Crippen MR) is 48.1 cm³/mol. The second-order valence-electron chi connectivity index (χ2n) is 3.20. The monoisotopic (exact) mass is 180 g/mol. The van der Waals surface area contributed by atoms with Gasteiger partial charge in [0.25, 0.3) is 0 Å². The van der Waals surface area contributed by atoms with E-state index >= 15 is 0 Å². The summed E-state index contributed by atoms with van der Waals surface area (Å²) in [5.74, 6) is 0.936. The molecule has 0 bridgehead atoms. The first-order chi connectivity index (χ1) is 6.28. The SMILES string of the molecule is COc1cc(O)cc(CC2CO2)c1. The minimum atomic E-state index is 0.245. The van der Waals surface area contributed by atoms with Crippen molar-refractivity contribution in [3.05, 3.63) is 23.8 Å². The van der Waals surface area contributed by atoms with Gasteiger partial charge in [-0.25, -0.2) is 0 Å². The molecule has 0 radical (unpaired) electrons. The molecule has 3 nitrogen and oxygen atoms in total. The smallest absolute Gasteiger partial charge is 0.122 e. The van der Waals surface area contributed by atoms with Crippen molar-refractivity contribution in [3.63, 3.8) is 0 Å². The average molecular weight is 180 g/mol. The Kier molecular flexibility index (Phi) is 2.10. The summed E-state index contributed by atoms with van der Waals surface area (Å²) in [4.78, 5) is 0. The summed E-state index contributed by atoms with van der Waals surface area (Å²) in [5.41, 5.74) is 1.05. The molecule has 13 heavy (non-hydrogen) atoms. The highest BCUT2D eigenvalue weighted by molar-refractivity contribution is 5.37. The van der Waals surface area contributed by atoms with Gasteiger partial charge in [0.15, 0.2) is 0 Å². The molecule has 1 heterocycles. The zero-order valence-electron chi connectivity index (χ0n) is 7.49. The van der Waals surface area contributed by atoms with Crippen LogP contribution in [0.25, 0.3) is 0 Å². The maximum atomic E-state index is 9.34. The third kappa shape index (κ3) is 2.12. The molecule has 1 saturated heterocycles. The highest BCUT2D eigenvalue weighted by atomic mass is 16.6. The number of hydrogen-bond donors (Lipinski definition) is 1. The Bertz CT molecular complexity index is 305. The molecule has 0 aromatic heterocycles. The van der Waals surface area contributed by atoms with Gasteiger partial charge in [-0.3, -0.25) is 0 Å². The van der Waals surface area contributed by atoms with Crippen LogP contribution >= 0.6 is 0 Å². The summed E-state index contributed by atoms with van der Waals surface area (Å²) in [6.45, 7) is 0.831. The third-order valence-electron chi connectivity index (χ3n) is 2.05. The fraction of sp³-hybridized carbons (Fsp3) is 0.400. The Morgan fingerprint density at radius 3 is 2.92 bits per heavy atom. The quantitative estimate of drug-likeness (QED) is 0.714. The molecule has 1 aliphatic heterocycles. The van der Waals surface area contributed by atoms with Gasteiger partial charge < -0.3 is 14.6 Å². The first kappa shape index (κ1) is 8.38. The lowest BCUT2D eigenvalue weighted by Crippen LogP contribution is -1.93. The van der Waals surface area contributed by atoms with E-state index in [1.165, 1.54) is 0 Å². The van der Waals surface area contributed by atoms with Crippen molar-refractivity contribution in [2.45, 2.75) is 12.5 Å². The minimum absolute atomic E-state index is 0.245. The van der Waals surface area contributed by atoms with E-state index in [4.69, 9.17) is 9.47 Å². The Labute approximate surface area is 76.9 Å². The van der Waals surface area contributed by atoms with Gasteiger partial charge in [-0.05, 0) is 17.7 Å². The summed E-state index contributed by atoms with van der Waals surface area (Å²) in [7, 11) is 1.59. The molecule has 1 N–H and O–H groups in total. The second kappa shape index (κ2) is 3.26. The Hall–Kier alpha value is -1.22. The van der Waals surface area contributed by atoms with Crippen LogP contribution in [0.3, 0.4) is 0 Å². The van der Waals surface area contributed by atoms with Crippen LogP contribution in [0.2, 0.25) is 0 Å². The molecule has 1 aliphatic rings. The van der Waals surface area contributed by atoms with E-state index < -0.39 is 0 Å². The second-order valence-corrected chi connectivity index (χ2v) is 3.20. The van der Waals surface area contributed by atoms with Gasteiger partial charge in [0.05, 0.1) is 19.8 Å². The first-order valence-electron chi connectivity index (χ1n) is 4.26. The van der Waals surface area contributed by atoms with Crippen LogP contribution in [-0.2, 0) is 11.2 Å². The van der Waals surface area contributed by atoms with Gasteiger partial charge in [0.2, 0.25) is 0 Å². The number of phenolic OH excluding ortho intramolecular Hbond substituents is 1. The van der Waals surface area contributed by atoms with Gasteiger partial charge in [0.1, 0.15) is 11.5 Å². The standard InChI is InChI=1S/C10H12O3/c1-12-9-3-7(2-8(11)5-9)4-10-6-13-10/h2-3,5,10-11H,4,6H2,1H3. The van der Waals surface area contributed by atoms with Crippen molar-refractivity contribution in [1.82, 2.24) is 0 Å². The molecule has 3 heteroatoms. The minimum Gasteiger partial charge on any atom is -0.508 e. The van der Waals surface area contributed by atoms with Crippen LogP contribution in [0.4, 0.5) is 0 Å². The van der Waals surface area contributed by atoms with Gasteiger partial charge >= 0.3 is 0 Å². The highest BCUT2D eigenvalue weighted by Gasteiger charge is 2.22. The number of rotatable bonds is 3. The lowest BCUT2D eigenvalue weighted by atomic mass is 10.1. The molecule has 1 aromatic rings. The third-order valence-corrected chi connectivity index (χ3v) is 2.05. The van der Waals surface area contributed by atoms with Crippen molar-refractivity contribution in [2.75, 3.05) is 13.7 Å². The first-order valence-corrected chi connectivity index (χ1v) is 4.26. The van der Waals surface area contributed by atoms with Crippen molar-refractivity contribution in [2.24, 2.45) is 0 Å². The number of aromatic hydroxyl groups is 1. The largest absolute Gasteiger partial charge is 0.508 e. The van der Waals surface area contributed by atoms with Crippen LogP contribution in [0.5, 0.6) is 11.5 Å². The molecule has 0 aliphatic carbocycles. The fourth-order valence-electron chi connectivity index (χ4n) is 1.33. The molecule has 0 saturated carbocycles. The van der Waals surface area contributed by atoms with Gasteiger partial charge in [-0.15, -0.1) is 0 Å². The summed E-state index contributed by atoms with van der Waals surface area (Å²) in [6, 6.07) is 5.25. The Balaban J connectivity index is 2.17. The van der Waals surface area contributed by atoms with E-state index in [2.05, 4.69) is 0 Å². The normalized spacial score (nSPS) is 19.9. The number of epoxide rings is 1. The van der Waals surface area contributed by atoms with Crippen molar-refractivity contribution in [1.29, 1.82) is 0 Å². The molecule has 0 amide bonds. The molecule has 70 valence electrons. The molecule has 1 atom stereocenters. The van der Waals surface area contributed by atoms with E-state index in [0.717, 1.165) is 18.6 Å². The molecular weight excluding hydrogens is 168 g/mol. The zero-order chi connectivity index (χ0) is 9.26. The van der Waals surface area contributed by atoms with E-state index in [1.807, 2.05) is 6.07 Å². The van der Waals surface area contributed by atoms with Crippen LogP contribution < -0.4 is 4.74 Å². The molecule has 1 fully saturated rings. The Morgan fingerprint density at radius 2 is 2.31 bits per heavy atom. The van der Waals surface area contributed by atoms with E-state index in [-0.39, 0.29) is 5.75 Å². The highest BCUT2D eigenvalue weighted by Crippen LogP contribution is 2.24. The predicted octanol–water partition coefficient (Wildman–Crippen LogP) is 1.34. The lowest BCUT2D eigenvalue weighted by molar-refractivity contribution is 0.400. The van der Waals surface area contributed by atoms with Gasteiger partial charge in [-0.2, -0.15) is 0 Å². The van der Waals surface area contributed by atoms with Crippen LogP contribution in [0.15, 0.2) is 18.2 Å². The molecular formula is C10H12O3. The number of phenols is 1. The number of methoxy groups -OCH3 is 1. The molecule has 0 spiro atoms. The number of benzene rings is 1. The molecule has 2 rings (SSSR count). The number of ether oxygens (including phenoxy) is 2. The average Bonchev–Trinajstić information content (AvgIpc) is 2.87. The van der Waals surface area contributed by atoms with Crippen LogP contribution in [-0.4, -0.2) is 24.9 Å². The van der Waals surface area contributed by atoms with Crippen molar-refractivity contribution in [3.8, 4) is 11.5 Å². The van der Waals surface area contributed by atoms with Crippen LogP contribution in [0, 0.1) is 0 Å². The van der Waals surface area contributed by atoms with E-state index in [1.54, 1.807) is 19.2 Å². The lowest BCUT2D eigenvalue weighted by Gasteiger charge is -2.04. The van der Waals surface area contributed by atoms with E-state index in [9.17, 15) is 5.11 Å². The zero-order valence-corrected chi connectivity index (χ0v) is 7.49. The molecule has 1 aromatic carbocycles. The summed E-state index contributed by atoms with van der Waals surface area (Å²) >= 11 is 0. The maximum absolute atomic E-state index is 9.34. The summed E-state index contributed by atoms with van der Waals surface area (Å²) < 4.78 is 10.1. The van der Waals surface area contributed by atoms with Crippen molar-refractivity contribution < 1.29 is 14.6 Å². The van der Waals surface area contributed by atoms with Gasteiger partial charge in [0, 0.05) is 12.5 Å².